The van der Waals surface area contributed by atoms with Crippen molar-refractivity contribution in [3.63, 3.8) is 0 Å². The maximum Gasteiger partial charge on any atom is 0.237 e. The lowest BCUT2D eigenvalue weighted by atomic mass is 9.94. The van der Waals surface area contributed by atoms with Gasteiger partial charge in [-0.25, -0.2) is 8.78 Å². The van der Waals surface area contributed by atoms with Gasteiger partial charge in [0.2, 0.25) is 5.91 Å². The average molecular weight is 282 g/mol. The molecule has 1 aromatic carbocycles. The molecule has 0 spiro atoms. The molecule has 0 heterocycles. The standard InChI is InChI=1S/C15H20F2N2O/c1-9(2)13(18)14(20)19-8-15(5-6-15)11-4-3-10(16)7-12(11)17/h3-4,7,9,13H,5-6,8,18H2,1-2H3,(H,19,20)/t13-/m0/s1. The van der Waals surface area contributed by atoms with Crippen LogP contribution in [0.4, 0.5) is 8.78 Å². The van der Waals surface area contributed by atoms with E-state index >= 15 is 0 Å². The Kier molecular flexibility index (Phi) is 4.09. The van der Waals surface area contributed by atoms with Gasteiger partial charge >= 0.3 is 0 Å². The Labute approximate surface area is 117 Å². The Morgan fingerprint density at radius 1 is 1.40 bits per heavy atom. The van der Waals surface area contributed by atoms with E-state index in [1.165, 1.54) is 12.1 Å². The van der Waals surface area contributed by atoms with Crippen LogP contribution in [0.5, 0.6) is 0 Å². The monoisotopic (exact) mass is 282 g/mol. The molecule has 0 saturated heterocycles. The lowest BCUT2D eigenvalue weighted by Crippen LogP contribution is -2.46. The van der Waals surface area contributed by atoms with Crippen molar-refractivity contribution in [3.8, 4) is 0 Å². The molecule has 1 aliphatic carbocycles. The van der Waals surface area contributed by atoms with Crippen molar-refractivity contribution in [3.05, 3.63) is 35.4 Å². The summed E-state index contributed by atoms with van der Waals surface area (Å²) in [4.78, 5) is 11.8. The fourth-order valence-electron chi connectivity index (χ4n) is 2.29. The van der Waals surface area contributed by atoms with Gasteiger partial charge < -0.3 is 11.1 Å². The Morgan fingerprint density at radius 3 is 2.55 bits per heavy atom. The molecule has 3 nitrogen and oxygen atoms in total. The zero-order valence-electron chi connectivity index (χ0n) is 11.7. The van der Waals surface area contributed by atoms with Crippen LogP contribution >= 0.6 is 0 Å². The molecule has 20 heavy (non-hydrogen) atoms. The summed E-state index contributed by atoms with van der Waals surface area (Å²) in [7, 11) is 0. The Bertz CT molecular complexity index is 513. The summed E-state index contributed by atoms with van der Waals surface area (Å²) < 4.78 is 26.8. The molecule has 0 bridgehead atoms. The summed E-state index contributed by atoms with van der Waals surface area (Å²) in [5.41, 5.74) is 5.83. The summed E-state index contributed by atoms with van der Waals surface area (Å²) in [6, 6.07) is 3.03. The van der Waals surface area contributed by atoms with Gasteiger partial charge in [-0.3, -0.25) is 4.79 Å². The molecule has 1 aliphatic rings. The van der Waals surface area contributed by atoms with E-state index in [-0.39, 0.29) is 11.8 Å². The minimum Gasteiger partial charge on any atom is -0.354 e. The Balaban J connectivity index is 2.04. The smallest absolute Gasteiger partial charge is 0.237 e. The lowest BCUT2D eigenvalue weighted by molar-refractivity contribution is -0.123. The molecule has 1 amide bonds. The molecule has 5 heteroatoms. The number of nitrogens with one attached hydrogen (secondary N) is 1. The van der Waals surface area contributed by atoms with Crippen LogP contribution in [-0.2, 0) is 10.2 Å². The Hall–Kier alpha value is -1.49. The predicted molar refractivity (Wildman–Crippen MR) is 73.1 cm³/mol. The van der Waals surface area contributed by atoms with E-state index < -0.39 is 23.1 Å². The van der Waals surface area contributed by atoms with E-state index in [9.17, 15) is 13.6 Å². The summed E-state index contributed by atoms with van der Waals surface area (Å²) >= 11 is 0. The quantitative estimate of drug-likeness (QED) is 0.869. The topological polar surface area (TPSA) is 55.1 Å². The van der Waals surface area contributed by atoms with E-state index in [2.05, 4.69) is 5.32 Å². The largest absolute Gasteiger partial charge is 0.354 e. The second kappa shape index (κ2) is 5.48. The first-order valence-corrected chi connectivity index (χ1v) is 6.84. The fourth-order valence-corrected chi connectivity index (χ4v) is 2.29. The molecule has 0 aromatic heterocycles. The number of carbonyl (C=O) groups is 1. The van der Waals surface area contributed by atoms with Crippen molar-refractivity contribution < 1.29 is 13.6 Å². The van der Waals surface area contributed by atoms with Crippen molar-refractivity contribution in [2.45, 2.75) is 38.1 Å². The highest BCUT2D eigenvalue weighted by atomic mass is 19.1. The minimum absolute atomic E-state index is 0.0488. The summed E-state index contributed by atoms with van der Waals surface area (Å²) in [5, 5.41) is 2.78. The average Bonchev–Trinajstić information content (AvgIpc) is 3.15. The van der Waals surface area contributed by atoms with Crippen LogP contribution in [0.2, 0.25) is 0 Å². The van der Waals surface area contributed by atoms with Gasteiger partial charge in [0.15, 0.2) is 0 Å². The van der Waals surface area contributed by atoms with Gasteiger partial charge in [0, 0.05) is 18.0 Å². The minimum atomic E-state index is -0.590. The molecule has 1 fully saturated rings. The highest BCUT2D eigenvalue weighted by Crippen LogP contribution is 2.48. The first kappa shape index (κ1) is 14.9. The van der Waals surface area contributed by atoms with Crippen molar-refractivity contribution in [1.82, 2.24) is 5.32 Å². The number of carbonyl (C=O) groups excluding carboxylic acids is 1. The number of nitrogens with two attached hydrogens (primary N) is 1. The molecule has 110 valence electrons. The molecule has 1 saturated carbocycles. The lowest BCUT2D eigenvalue weighted by Gasteiger charge is -2.20. The van der Waals surface area contributed by atoms with Crippen molar-refractivity contribution >= 4 is 5.91 Å². The molecule has 1 aromatic rings. The molecule has 1 atom stereocenters. The van der Waals surface area contributed by atoms with E-state index in [1.807, 2.05) is 13.8 Å². The number of rotatable bonds is 5. The highest BCUT2D eigenvalue weighted by molar-refractivity contribution is 5.81. The third kappa shape index (κ3) is 2.98. The molecular formula is C15H20F2N2O. The van der Waals surface area contributed by atoms with Crippen LogP contribution < -0.4 is 11.1 Å². The van der Waals surface area contributed by atoms with Crippen molar-refractivity contribution in [1.29, 1.82) is 0 Å². The van der Waals surface area contributed by atoms with Gasteiger partial charge in [0.05, 0.1) is 6.04 Å². The van der Waals surface area contributed by atoms with Gasteiger partial charge in [-0.05, 0) is 30.4 Å². The molecule has 2 rings (SSSR count). The first-order valence-electron chi connectivity index (χ1n) is 6.84. The summed E-state index contributed by atoms with van der Waals surface area (Å²) in [5.74, 6) is -1.32. The number of hydrogen-bond acceptors (Lipinski definition) is 2. The molecule has 3 N–H and O–H groups in total. The maximum atomic E-state index is 13.8. The van der Waals surface area contributed by atoms with Crippen LogP contribution in [0.25, 0.3) is 0 Å². The number of amides is 1. The van der Waals surface area contributed by atoms with Crippen LogP contribution in [0, 0.1) is 17.6 Å². The summed E-state index contributed by atoms with van der Waals surface area (Å²) in [6.07, 6.45) is 1.57. The van der Waals surface area contributed by atoms with Crippen LogP contribution in [-0.4, -0.2) is 18.5 Å². The molecular weight excluding hydrogens is 262 g/mol. The number of hydrogen-bond donors (Lipinski definition) is 2. The van der Waals surface area contributed by atoms with Crippen molar-refractivity contribution in [2.75, 3.05) is 6.54 Å². The van der Waals surface area contributed by atoms with Gasteiger partial charge in [-0.2, -0.15) is 0 Å². The molecule has 0 radical (unpaired) electrons. The van der Waals surface area contributed by atoms with E-state index in [0.29, 0.717) is 12.1 Å². The highest BCUT2D eigenvalue weighted by Gasteiger charge is 2.46. The van der Waals surface area contributed by atoms with Crippen LogP contribution in [0.15, 0.2) is 18.2 Å². The Morgan fingerprint density at radius 2 is 2.05 bits per heavy atom. The van der Waals surface area contributed by atoms with Crippen LogP contribution in [0.3, 0.4) is 0 Å². The zero-order valence-corrected chi connectivity index (χ0v) is 11.7. The van der Waals surface area contributed by atoms with Gasteiger partial charge in [-0.15, -0.1) is 0 Å². The van der Waals surface area contributed by atoms with E-state index in [0.717, 1.165) is 18.9 Å². The molecule has 0 aliphatic heterocycles. The van der Waals surface area contributed by atoms with Crippen LogP contribution in [0.1, 0.15) is 32.3 Å². The zero-order chi connectivity index (χ0) is 14.9. The van der Waals surface area contributed by atoms with Gasteiger partial charge in [0.1, 0.15) is 11.6 Å². The van der Waals surface area contributed by atoms with E-state index in [4.69, 9.17) is 5.73 Å². The second-order valence-corrected chi connectivity index (χ2v) is 5.89. The second-order valence-electron chi connectivity index (χ2n) is 5.89. The van der Waals surface area contributed by atoms with Gasteiger partial charge in [0.25, 0.3) is 0 Å². The third-order valence-corrected chi connectivity index (χ3v) is 3.98. The first-order chi connectivity index (χ1) is 9.35. The predicted octanol–water partition coefficient (Wildman–Crippen LogP) is 2.10. The maximum absolute atomic E-state index is 13.8. The molecule has 0 unspecified atom stereocenters. The fraction of sp³-hybridized carbons (Fsp3) is 0.533. The summed E-state index contributed by atoms with van der Waals surface area (Å²) in [6.45, 7) is 4.09. The van der Waals surface area contributed by atoms with E-state index in [1.54, 1.807) is 0 Å². The third-order valence-electron chi connectivity index (χ3n) is 3.98. The number of benzene rings is 1. The van der Waals surface area contributed by atoms with Crippen molar-refractivity contribution in [2.24, 2.45) is 11.7 Å². The SMILES string of the molecule is CC(C)[C@H](N)C(=O)NCC1(c2ccc(F)cc2F)CC1. The number of halogens is 2. The normalized spacial score (nSPS) is 17.9. The van der Waals surface area contributed by atoms with Gasteiger partial charge in [-0.1, -0.05) is 19.9 Å².